The number of alkyl halides is 3. The van der Waals surface area contributed by atoms with E-state index >= 15 is 0 Å². The second kappa shape index (κ2) is 7.51. The minimum Gasteiger partial charge on any atom is -0.305 e. The normalized spacial score (nSPS) is 14.1. The fourth-order valence-corrected chi connectivity index (χ4v) is 3.31. The maximum Gasteiger partial charge on any atom is 0.416 e. The summed E-state index contributed by atoms with van der Waals surface area (Å²) < 4.78 is 41.9. The van der Waals surface area contributed by atoms with Crippen molar-refractivity contribution in [3.8, 4) is 0 Å². The molecule has 0 unspecified atom stereocenters. The zero-order valence-electron chi connectivity index (χ0n) is 15.1. The molecular weight excluding hydrogens is 405 g/mol. The van der Waals surface area contributed by atoms with Crippen molar-refractivity contribution in [2.75, 3.05) is 5.32 Å². The SMILES string of the molecule is O=C(Nc1ccn(Cc2ccc(C3CC3)cc2C(F)(F)F)n1)c1ccncc1Cl. The number of halogens is 4. The van der Waals surface area contributed by atoms with Gasteiger partial charge in [-0.2, -0.15) is 18.3 Å². The highest BCUT2D eigenvalue weighted by atomic mass is 35.5. The van der Waals surface area contributed by atoms with E-state index in [0.717, 1.165) is 18.4 Å². The first kappa shape index (κ1) is 19.4. The Bertz CT molecular complexity index is 1060. The maximum atomic E-state index is 13.5. The van der Waals surface area contributed by atoms with E-state index < -0.39 is 17.6 Å². The minimum absolute atomic E-state index is 0.0638. The number of anilines is 1. The van der Waals surface area contributed by atoms with Crippen molar-refractivity contribution >= 4 is 23.3 Å². The molecule has 0 bridgehead atoms. The predicted octanol–water partition coefficient (Wildman–Crippen LogP) is 5.13. The summed E-state index contributed by atoms with van der Waals surface area (Å²) >= 11 is 5.94. The molecule has 5 nitrogen and oxygen atoms in total. The Kier molecular flexibility index (Phi) is 5.04. The van der Waals surface area contributed by atoms with Crippen molar-refractivity contribution in [1.29, 1.82) is 0 Å². The molecule has 1 aliphatic rings. The first-order valence-electron chi connectivity index (χ1n) is 8.95. The molecule has 150 valence electrons. The zero-order chi connectivity index (χ0) is 20.6. The van der Waals surface area contributed by atoms with Crippen molar-refractivity contribution in [2.45, 2.75) is 31.5 Å². The van der Waals surface area contributed by atoms with Gasteiger partial charge in [-0.05, 0) is 42.0 Å². The Hall–Kier alpha value is -2.87. The molecule has 1 saturated carbocycles. The highest BCUT2D eigenvalue weighted by Gasteiger charge is 2.35. The number of aromatic nitrogens is 3. The average molecular weight is 421 g/mol. The number of carbonyl (C=O) groups is 1. The predicted molar refractivity (Wildman–Crippen MR) is 102 cm³/mol. The number of nitrogens with zero attached hydrogens (tertiary/aromatic N) is 3. The molecule has 1 amide bonds. The molecule has 0 atom stereocenters. The van der Waals surface area contributed by atoms with Crippen LogP contribution in [-0.2, 0) is 12.7 Å². The van der Waals surface area contributed by atoms with E-state index in [4.69, 9.17) is 11.6 Å². The Labute approximate surface area is 169 Å². The fraction of sp³-hybridized carbons (Fsp3) is 0.250. The lowest BCUT2D eigenvalue weighted by molar-refractivity contribution is -0.138. The second-order valence-corrected chi connectivity index (χ2v) is 7.30. The van der Waals surface area contributed by atoms with Crippen LogP contribution in [0.15, 0.2) is 48.9 Å². The van der Waals surface area contributed by atoms with E-state index in [1.54, 1.807) is 6.07 Å². The van der Waals surface area contributed by atoms with E-state index in [0.29, 0.717) is 0 Å². The number of pyridine rings is 1. The van der Waals surface area contributed by atoms with Crippen molar-refractivity contribution in [3.63, 3.8) is 0 Å². The van der Waals surface area contributed by atoms with Gasteiger partial charge in [0.2, 0.25) is 0 Å². The van der Waals surface area contributed by atoms with Crippen molar-refractivity contribution in [2.24, 2.45) is 0 Å². The quantitative estimate of drug-likeness (QED) is 0.622. The molecular formula is C20H16ClF3N4O. The van der Waals surface area contributed by atoms with Gasteiger partial charge >= 0.3 is 6.18 Å². The Morgan fingerprint density at radius 2 is 2.03 bits per heavy atom. The largest absolute Gasteiger partial charge is 0.416 e. The van der Waals surface area contributed by atoms with Gasteiger partial charge in [0, 0.05) is 24.7 Å². The molecule has 3 aromatic rings. The lowest BCUT2D eigenvalue weighted by Gasteiger charge is -2.14. The van der Waals surface area contributed by atoms with Gasteiger partial charge in [0.1, 0.15) is 0 Å². The van der Waals surface area contributed by atoms with E-state index in [-0.39, 0.29) is 34.4 Å². The van der Waals surface area contributed by atoms with Gasteiger partial charge in [0.15, 0.2) is 5.82 Å². The first-order chi connectivity index (χ1) is 13.8. The number of hydrogen-bond donors (Lipinski definition) is 1. The number of rotatable bonds is 5. The standard InChI is InChI=1S/C20H16ClF3N4O/c21-17-10-25-7-5-15(17)19(29)26-18-6-8-28(27-18)11-14-4-3-13(12-1-2-12)9-16(14)20(22,23)24/h3-10,12H,1-2,11H2,(H,26,27,29). The molecule has 1 aromatic carbocycles. The van der Waals surface area contributed by atoms with Gasteiger partial charge in [0.25, 0.3) is 5.91 Å². The third kappa shape index (κ3) is 4.42. The summed E-state index contributed by atoms with van der Waals surface area (Å²) in [6.07, 6.45) is 1.71. The van der Waals surface area contributed by atoms with Gasteiger partial charge in [-0.1, -0.05) is 23.7 Å². The highest BCUT2D eigenvalue weighted by molar-refractivity contribution is 6.34. The first-order valence-corrected chi connectivity index (χ1v) is 9.33. The van der Waals surface area contributed by atoms with Gasteiger partial charge in [-0.3, -0.25) is 14.5 Å². The molecule has 2 heterocycles. The van der Waals surface area contributed by atoms with Gasteiger partial charge < -0.3 is 5.32 Å². The molecule has 2 aromatic heterocycles. The van der Waals surface area contributed by atoms with Crippen LogP contribution in [0.3, 0.4) is 0 Å². The minimum atomic E-state index is -4.44. The van der Waals surface area contributed by atoms with Crippen LogP contribution in [0.2, 0.25) is 5.02 Å². The summed E-state index contributed by atoms with van der Waals surface area (Å²) in [5, 5.41) is 6.92. The maximum absolute atomic E-state index is 13.5. The number of amides is 1. The molecule has 9 heteroatoms. The number of benzene rings is 1. The highest BCUT2D eigenvalue weighted by Crippen LogP contribution is 2.42. The molecule has 29 heavy (non-hydrogen) atoms. The molecule has 1 aliphatic carbocycles. The Balaban J connectivity index is 1.52. The van der Waals surface area contributed by atoms with Crippen LogP contribution >= 0.6 is 11.6 Å². The molecule has 0 saturated heterocycles. The molecule has 1 fully saturated rings. The molecule has 0 spiro atoms. The van der Waals surface area contributed by atoms with Crippen LogP contribution in [0.4, 0.5) is 19.0 Å². The monoisotopic (exact) mass is 420 g/mol. The van der Waals surface area contributed by atoms with E-state index in [2.05, 4.69) is 15.4 Å². The van der Waals surface area contributed by atoms with Crippen molar-refractivity contribution in [1.82, 2.24) is 14.8 Å². The summed E-state index contributed by atoms with van der Waals surface area (Å²) in [6, 6.07) is 7.47. The van der Waals surface area contributed by atoms with Gasteiger partial charge in [-0.15, -0.1) is 0 Å². The van der Waals surface area contributed by atoms with Crippen LogP contribution in [0.5, 0.6) is 0 Å². The molecule has 0 aliphatic heterocycles. The molecule has 1 N–H and O–H groups in total. The number of nitrogens with one attached hydrogen (secondary N) is 1. The van der Waals surface area contributed by atoms with Crippen LogP contribution < -0.4 is 5.32 Å². The fourth-order valence-electron chi connectivity index (χ4n) is 3.10. The lowest BCUT2D eigenvalue weighted by Crippen LogP contribution is -2.14. The summed E-state index contributed by atoms with van der Waals surface area (Å²) in [4.78, 5) is 16.1. The van der Waals surface area contributed by atoms with Gasteiger partial charge in [0.05, 0.1) is 22.7 Å². The molecule has 4 rings (SSSR count). The van der Waals surface area contributed by atoms with E-state index in [9.17, 15) is 18.0 Å². The summed E-state index contributed by atoms with van der Waals surface area (Å²) in [7, 11) is 0. The van der Waals surface area contributed by atoms with Crippen LogP contribution in [0.1, 0.15) is 45.8 Å². The molecule has 0 radical (unpaired) electrons. The zero-order valence-corrected chi connectivity index (χ0v) is 15.8. The Morgan fingerprint density at radius 3 is 2.72 bits per heavy atom. The summed E-state index contributed by atoms with van der Waals surface area (Å²) in [6.45, 7) is -0.0638. The second-order valence-electron chi connectivity index (χ2n) is 6.90. The Morgan fingerprint density at radius 1 is 1.24 bits per heavy atom. The summed E-state index contributed by atoms with van der Waals surface area (Å²) in [5.41, 5.74) is 0.432. The summed E-state index contributed by atoms with van der Waals surface area (Å²) in [5.74, 6) is -0.0323. The third-order valence-corrected chi connectivity index (χ3v) is 5.02. The smallest absolute Gasteiger partial charge is 0.305 e. The third-order valence-electron chi connectivity index (χ3n) is 4.72. The van der Waals surface area contributed by atoms with E-state index in [1.807, 2.05) is 0 Å². The number of carbonyl (C=O) groups excluding carboxylic acids is 1. The lowest BCUT2D eigenvalue weighted by atomic mass is 10.0. The van der Waals surface area contributed by atoms with Crippen LogP contribution in [0.25, 0.3) is 0 Å². The number of hydrogen-bond acceptors (Lipinski definition) is 3. The van der Waals surface area contributed by atoms with Gasteiger partial charge in [-0.25, -0.2) is 0 Å². The van der Waals surface area contributed by atoms with Crippen molar-refractivity contribution < 1.29 is 18.0 Å². The van der Waals surface area contributed by atoms with Crippen LogP contribution in [-0.4, -0.2) is 20.7 Å². The average Bonchev–Trinajstić information content (AvgIpc) is 3.43. The van der Waals surface area contributed by atoms with E-state index in [1.165, 1.54) is 47.5 Å². The topological polar surface area (TPSA) is 59.8 Å². The van der Waals surface area contributed by atoms with Crippen molar-refractivity contribution in [3.05, 3.63) is 76.2 Å². The van der Waals surface area contributed by atoms with Crippen LogP contribution in [0, 0.1) is 0 Å².